The molecule has 1 aromatic heterocycles. The predicted molar refractivity (Wildman–Crippen MR) is 82.8 cm³/mol. The molecule has 0 aromatic carbocycles. The average molecular weight is 299 g/mol. The lowest BCUT2D eigenvalue weighted by atomic mass is 9.68. The van der Waals surface area contributed by atoms with Crippen molar-refractivity contribution in [3.05, 3.63) is 16.9 Å². The van der Waals surface area contributed by atoms with Crippen LogP contribution in [-0.2, 0) is 6.54 Å². The molecule has 3 nitrogen and oxygen atoms in total. The third-order valence-electron chi connectivity index (χ3n) is 4.86. The van der Waals surface area contributed by atoms with Crippen LogP contribution in [0.4, 0.5) is 0 Å². The molecule has 1 N–H and O–H groups in total. The van der Waals surface area contributed by atoms with Crippen molar-refractivity contribution in [1.82, 2.24) is 9.78 Å². The van der Waals surface area contributed by atoms with Gasteiger partial charge in [-0.25, -0.2) is 0 Å². The Hall–Kier alpha value is -0.540. The molecule has 1 aromatic rings. The van der Waals surface area contributed by atoms with Crippen LogP contribution in [-0.4, -0.2) is 14.9 Å². The first-order valence-electron chi connectivity index (χ1n) is 7.73. The molecule has 1 unspecified atom stereocenters. The van der Waals surface area contributed by atoms with Gasteiger partial charge in [0.15, 0.2) is 0 Å². The Kier molecular flexibility index (Phi) is 4.80. The first kappa shape index (κ1) is 15.8. The number of rotatable bonds is 3. The summed E-state index contributed by atoms with van der Waals surface area (Å²) < 4.78 is 1.82. The highest BCUT2D eigenvalue weighted by Gasteiger charge is 2.34. The van der Waals surface area contributed by atoms with Crippen LogP contribution < -0.4 is 0 Å². The molecule has 1 atom stereocenters. The summed E-state index contributed by atoms with van der Waals surface area (Å²) in [6.45, 7) is 9.72. The van der Waals surface area contributed by atoms with E-state index >= 15 is 0 Å². The van der Waals surface area contributed by atoms with Gasteiger partial charge in [-0.15, -0.1) is 0 Å². The summed E-state index contributed by atoms with van der Waals surface area (Å²) in [5, 5.41) is 15.5. The van der Waals surface area contributed by atoms with E-state index in [0.29, 0.717) is 16.4 Å². The van der Waals surface area contributed by atoms with Gasteiger partial charge in [0.2, 0.25) is 0 Å². The van der Waals surface area contributed by atoms with Crippen LogP contribution in [0.3, 0.4) is 0 Å². The molecular formula is C16H27ClN2O. The molecule has 20 heavy (non-hydrogen) atoms. The maximum absolute atomic E-state index is 10.7. The Balaban J connectivity index is 2.05. The second-order valence-electron chi connectivity index (χ2n) is 7.12. The van der Waals surface area contributed by atoms with Crippen LogP contribution in [0.25, 0.3) is 0 Å². The van der Waals surface area contributed by atoms with Gasteiger partial charge in [-0.3, -0.25) is 4.68 Å². The first-order valence-corrected chi connectivity index (χ1v) is 8.11. The van der Waals surface area contributed by atoms with E-state index in [4.69, 9.17) is 11.6 Å². The molecule has 0 spiro atoms. The SMILES string of the molecule is CCn1ncc(Cl)c1C(O)C1CCC(C(C)(C)C)CC1. The molecule has 1 saturated carbocycles. The molecule has 0 amide bonds. The van der Waals surface area contributed by atoms with E-state index in [2.05, 4.69) is 25.9 Å². The molecule has 0 saturated heterocycles. The van der Waals surface area contributed by atoms with Crippen molar-refractivity contribution in [1.29, 1.82) is 0 Å². The van der Waals surface area contributed by atoms with Crippen LogP contribution in [0, 0.1) is 17.3 Å². The Morgan fingerprint density at radius 1 is 1.35 bits per heavy atom. The highest BCUT2D eigenvalue weighted by atomic mass is 35.5. The molecule has 114 valence electrons. The molecule has 4 heteroatoms. The Labute approximate surface area is 127 Å². The van der Waals surface area contributed by atoms with Gasteiger partial charge >= 0.3 is 0 Å². The van der Waals surface area contributed by atoms with E-state index in [1.807, 2.05) is 11.6 Å². The standard InChI is InChI=1S/C16H27ClN2O/c1-5-19-14(13(17)10-18-19)15(20)11-6-8-12(9-7-11)16(2,3)4/h10-12,15,20H,5-9H2,1-4H3. The lowest BCUT2D eigenvalue weighted by Crippen LogP contribution is -2.28. The highest BCUT2D eigenvalue weighted by molar-refractivity contribution is 6.31. The average Bonchev–Trinajstić information content (AvgIpc) is 2.78. The number of halogens is 1. The summed E-state index contributed by atoms with van der Waals surface area (Å²) in [6.07, 6.45) is 5.71. The summed E-state index contributed by atoms with van der Waals surface area (Å²) in [5.74, 6) is 1.07. The van der Waals surface area contributed by atoms with E-state index in [0.717, 1.165) is 31.0 Å². The summed E-state index contributed by atoms with van der Waals surface area (Å²) in [4.78, 5) is 0. The Morgan fingerprint density at radius 2 is 1.95 bits per heavy atom. The predicted octanol–water partition coefficient (Wildman–Crippen LogP) is 4.44. The zero-order valence-corrected chi connectivity index (χ0v) is 13.8. The van der Waals surface area contributed by atoms with Crippen molar-refractivity contribution in [3.8, 4) is 0 Å². The lowest BCUT2D eigenvalue weighted by molar-refractivity contribution is 0.0474. The summed E-state index contributed by atoms with van der Waals surface area (Å²) in [5.41, 5.74) is 1.17. The number of aryl methyl sites for hydroxylation is 1. The fourth-order valence-electron chi connectivity index (χ4n) is 3.44. The number of hydrogen-bond donors (Lipinski definition) is 1. The van der Waals surface area contributed by atoms with Gasteiger partial charge in [-0.1, -0.05) is 32.4 Å². The minimum Gasteiger partial charge on any atom is -0.386 e. The smallest absolute Gasteiger partial charge is 0.0999 e. The van der Waals surface area contributed by atoms with Gasteiger partial charge in [-0.2, -0.15) is 5.10 Å². The lowest BCUT2D eigenvalue weighted by Gasteiger charge is -2.38. The topological polar surface area (TPSA) is 38.0 Å². The van der Waals surface area contributed by atoms with Crippen molar-refractivity contribution in [2.45, 2.75) is 66.0 Å². The number of aromatic nitrogens is 2. The number of aliphatic hydroxyl groups is 1. The van der Waals surface area contributed by atoms with E-state index in [1.165, 1.54) is 12.8 Å². The Morgan fingerprint density at radius 3 is 2.45 bits per heavy atom. The fraction of sp³-hybridized carbons (Fsp3) is 0.812. The molecule has 1 aliphatic rings. The molecule has 1 fully saturated rings. The third kappa shape index (κ3) is 3.20. The second-order valence-corrected chi connectivity index (χ2v) is 7.52. The second kappa shape index (κ2) is 6.07. The molecule has 2 rings (SSSR count). The van der Waals surface area contributed by atoms with Crippen molar-refractivity contribution in [2.24, 2.45) is 17.3 Å². The van der Waals surface area contributed by atoms with E-state index in [-0.39, 0.29) is 0 Å². The van der Waals surface area contributed by atoms with Crippen molar-refractivity contribution >= 4 is 11.6 Å². The van der Waals surface area contributed by atoms with Gasteiger partial charge in [0.05, 0.1) is 23.0 Å². The van der Waals surface area contributed by atoms with Crippen LogP contribution in [0.1, 0.15) is 65.2 Å². The summed E-state index contributed by atoms with van der Waals surface area (Å²) >= 11 is 6.20. The normalized spacial score (nSPS) is 25.7. The molecule has 0 radical (unpaired) electrons. The Bertz CT molecular complexity index is 442. The van der Waals surface area contributed by atoms with Crippen molar-refractivity contribution in [2.75, 3.05) is 0 Å². The minimum absolute atomic E-state index is 0.313. The molecule has 1 aliphatic carbocycles. The fourth-order valence-corrected chi connectivity index (χ4v) is 3.70. The van der Waals surface area contributed by atoms with E-state index < -0.39 is 6.10 Å². The van der Waals surface area contributed by atoms with Crippen molar-refractivity contribution < 1.29 is 5.11 Å². The van der Waals surface area contributed by atoms with Gasteiger partial charge in [0, 0.05) is 6.54 Å². The zero-order chi connectivity index (χ0) is 14.9. The van der Waals surface area contributed by atoms with Crippen LogP contribution >= 0.6 is 11.6 Å². The van der Waals surface area contributed by atoms with Gasteiger partial charge in [-0.05, 0) is 49.9 Å². The van der Waals surface area contributed by atoms with Crippen LogP contribution in [0.15, 0.2) is 6.20 Å². The largest absolute Gasteiger partial charge is 0.386 e. The van der Waals surface area contributed by atoms with Crippen molar-refractivity contribution in [3.63, 3.8) is 0 Å². The molecule has 0 bridgehead atoms. The summed E-state index contributed by atoms with van der Waals surface area (Å²) in [6, 6.07) is 0. The maximum atomic E-state index is 10.7. The summed E-state index contributed by atoms with van der Waals surface area (Å²) in [7, 11) is 0. The number of hydrogen-bond acceptors (Lipinski definition) is 2. The van der Waals surface area contributed by atoms with Gasteiger partial charge in [0.25, 0.3) is 0 Å². The molecule has 1 heterocycles. The van der Waals surface area contributed by atoms with Gasteiger partial charge < -0.3 is 5.11 Å². The van der Waals surface area contributed by atoms with E-state index in [9.17, 15) is 5.11 Å². The number of nitrogens with zero attached hydrogens (tertiary/aromatic N) is 2. The highest BCUT2D eigenvalue weighted by Crippen LogP contribution is 2.44. The first-order chi connectivity index (χ1) is 9.34. The monoisotopic (exact) mass is 298 g/mol. The van der Waals surface area contributed by atoms with Gasteiger partial charge in [0.1, 0.15) is 0 Å². The third-order valence-corrected chi connectivity index (χ3v) is 5.15. The zero-order valence-electron chi connectivity index (χ0n) is 13.1. The maximum Gasteiger partial charge on any atom is 0.0999 e. The quantitative estimate of drug-likeness (QED) is 0.895. The van der Waals surface area contributed by atoms with E-state index in [1.54, 1.807) is 6.20 Å². The number of aliphatic hydroxyl groups excluding tert-OH is 1. The van der Waals surface area contributed by atoms with Crippen LogP contribution in [0.2, 0.25) is 5.02 Å². The molecular weight excluding hydrogens is 272 g/mol. The minimum atomic E-state index is -0.481. The van der Waals surface area contributed by atoms with Crippen LogP contribution in [0.5, 0.6) is 0 Å². The molecule has 0 aliphatic heterocycles.